The summed E-state index contributed by atoms with van der Waals surface area (Å²) in [5, 5.41) is 10.1. The Balaban J connectivity index is 1.79. The van der Waals surface area contributed by atoms with E-state index < -0.39 is 12.0 Å². The van der Waals surface area contributed by atoms with Crippen LogP contribution in [0.25, 0.3) is 0 Å². The first-order chi connectivity index (χ1) is 11.0. The van der Waals surface area contributed by atoms with Gasteiger partial charge in [-0.1, -0.05) is 36.4 Å². The summed E-state index contributed by atoms with van der Waals surface area (Å²) in [4.78, 5) is 13.2. The fourth-order valence-electron chi connectivity index (χ4n) is 2.30. The second kappa shape index (κ2) is 8.31. The molecule has 0 saturated carbocycles. The number of aliphatic hydroxyl groups excluding tert-OH is 1. The smallest absolute Gasteiger partial charge is 0.248 e. The van der Waals surface area contributed by atoms with Crippen LogP contribution < -0.4 is 10.5 Å². The minimum atomic E-state index is -0.624. The van der Waals surface area contributed by atoms with Crippen molar-refractivity contribution in [3.63, 3.8) is 0 Å². The molecule has 5 nitrogen and oxygen atoms in total. The first-order valence-corrected chi connectivity index (χ1v) is 7.48. The van der Waals surface area contributed by atoms with Crippen LogP contribution in [0.5, 0.6) is 5.75 Å². The molecule has 2 rings (SSSR count). The van der Waals surface area contributed by atoms with Crippen LogP contribution in [0, 0.1) is 0 Å². The van der Waals surface area contributed by atoms with E-state index in [1.807, 2.05) is 30.1 Å². The number of ether oxygens (including phenoxy) is 1. The summed E-state index contributed by atoms with van der Waals surface area (Å²) in [6.45, 7) is 1.40. The van der Waals surface area contributed by atoms with Gasteiger partial charge in [-0.25, -0.2) is 0 Å². The van der Waals surface area contributed by atoms with Crippen molar-refractivity contribution in [2.24, 2.45) is 5.73 Å². The van der Waals surface area contributed by atoms with Gasteiger partial charge in [0.2, 0.25) is 5.91 Å². The number of hydrogen-bond donors (Lipinski definition) is 2. The van der Waals surface area contributed by atoms with Gasteiger partial charge in [0.25, 0.3) is 0 Å². The Labute approximate surface area is 136 Å². The van der Waals surface area contributed by atoms with Gasteiger partial charge in [-0.3, -0.25) is 9.69 Å². The molecule has 0 radical (unpaired) electrons. The number of amides is 1. The van der Waals surface area contributed by atoms with E-state index in [2.05, 4.69) is 12.1 Å². The molecule has 0 aliphatic carbocycles. The highest BCUT2D eigenvalue weighted by Crippen LogP contribution is 2.13. The van der Waals surface area contributed by atoms with Gasteiger partial charge in [0.05, 0.1) is 0 Å². The first kappa shape index (κ1) is 17.0. The summed E-state index contributed by atoms with van der Waals surface area (Å²) in [6.07, 6.45) is -0.624. The van der Waals surface area contributed by atoms with E-state index in [1.165, 1.54) is 5.56 Å². The molecule has 0 heterocycles. The van der Waals surface area contributed by atoms with Crippen molar-refractivity contribution in [3.05, 3.63) is 65.7 Å². The fraction of sp³-hybridized carbons (Fsp3) is 0.278. The third-order valence-electron chi connectivity index (χ3n) is 3.38. The number of likely N-dealkylation sites (N-methyl/N-ethyl adjacent to an activating group) is 1. The molecule has 5 heteroatoms. The monoisotopic (exact) mass is 314 g/mol. The number of carbonyl (C=O) groups is 1. The number of primary amides is 1. The molecular weight excluding hydrogens is 292 g/mol. The van der Waals surface area contributed by atoms with Crippen LogP contribution in [-0.4, -0.2) is 42.2 Å². The molecule has 0 saturated heterocycles. The molecule has 0 aliphatic heterocycles. The van der Waals surface area contributed by atoms with E-state index in [0.29, 0.717) is 17.9 Å². The summed E-state index contributed by atoms with van der Waals surface area (Å²) < 4.78 is 5.53. The van der Waals surface area contributed by atoms with Crippen LogP contribution in [0.4, 0.5) is 0 Å². The highest BCUT2D eigenvalue weighted by Gasteiger charge is 2.10. The van der Waals surface area contributed by atoms with Crippen LogP contribution in [0.3, 0.4) is 0 Å². The number of nitrogens with zero attached hydrogens (tertiary/aromatic N) is 1. The second-order valence-electron chi connectivity index (χ2n) is 5.54. The van der Waals surface area contributed by atoms with Crippen molar-refractivity contribution in [3.8, 4) is 5.75 Å². The number of aliphatic hydroxyl groups is 1. The molecule has 1 amide bonds. The van der Waals surface area contributed by atoms with Gasteiger partial charge in [0, 0.05) is 18.7 Å². The summed E-state index contributed by atoms with van der Waals surface area (Å²) in [5.41, 5.74) is 6.81. The zero-order valence-corrected chi connectivity index (χ0v) is 13.2. The van der Waals surface area contributed by atoms with Gasteiger partial charge in [-0.05, 0) is 30.8 Å². The van der Waals surface area contributed by atoms with Crippen molar-refractivity contribution in [2.75, 3.05) is 20.2 Å². The molecule has 0 fully saturated rings. The number of carbonyl (C=O) groups excluding carboxylic acids is 1. The lowest BCUT2D eigenvalue weighted by Gasteiger charge is -2.21. The van der Waals surface area contributed by atoms with Crippen LogP contribution in [0.15, 0.2) is 54.6 Å². The molecule has 3 N–H and O–H groups in total. The maximum atomic E-state index is 11.1. The molecule has 0 bridgehead atoms. The van der Waals surface area contributed by atoms with Crippen LogP contribution in [0.1, 0.15) is 15.9 Å². The minimum absolute atomic E-state index is 0.154. The van der Waals surface area contributed by atoms with E-state index in [4.69, 9.17) is 10.5 Å². The summed E-state index contributed by atoms with van der Waals surface area (Å²) in [6, 6.07) is 16.7. The topological polar surface area (TPSA) is 75.8 Å². The zero-order chi connectivity index (χ0) is 16.7. The van der Waals surface area contributed by atoms with E-state index in [-0.39, 0.29) is 6.61 Å². The van der Waals surface area contributed by atoms with Gasteiger partial charge in [-0.15, -0.1) is 0 Å². The summed E-state index contributed by atoms with van der Waals surface area (Å²) in [5.74, 6) is 0.0182. The summed E-state index contributed by atoms with van der Waals surface area (Å²) in [7, 11) is 1.95. The van der Waals surface area contributed by atoms with E-state index in [1.54, 1.807) is 24.3 Å². The van der Waals surface area contributed by atoms with Gasteiger partial charge in [-0.2, -0.15) is 0 Å². The van der Waals surface area contributed by atoms with E-state index in [0.717, 1.165) is 6.54 Å². The maximum Gasteiger partial charge on any atom is 0.248 e. The number of nitrogens with two attached hydrogens (primary N) is 1. The minimum Gasteiger partial charge on any atom is -0.491 e. The van der Waals surface area contributed by atoms with Crippen molar-refractivity contribution in [1.82, 2.24) is 4.90 Å². The van der Waals surface area contributed by atoms with Crippen LogP contribution >= 0.6 is 0 Å². The first-order valence-electron chi connectivity index (χ1n) is 7.48. The van der Waals surface area contributed by atoms with Gasteiger partial charge in [0.15, 0.2) is 0 Å². The van der Waals surface area contributed by atoms with Gasteiger partial charge >= 0.3 is 0 Å². The molecule has 2 aromatic carbocycles. The fourth-order valence-corrected chi connectivity index (χ4v) is 2.30. The Morgan fingerprint density at radius 1 is 1.22 bits per heavy atom. The Bertz CT molecular complexity index is 631. The van der Waals surface area contributed by atoms with Gasteiger partial charge < -0.3 is 15.6 Å². The summed E-state index contributed by atoms with van der Waals surface area (Å²) >= 11 is 0. The average molecular weight is 314 g/mol. The van der Waals surface area contributed by atoms with Crippen molar-refractivity contribution in [1.29, 1.82) is 0 Å². The lowest BCUT2D eigenvalue weighted by atomic mass is 10.2. The van der Waals surface area contributed by atoms with Crippen molar-refractivity contribution >= 4 is 5.91 Å². The predicted molar refractivity (Wildman–Crippen MR) is 89.2 cm³/mol. The van der Waals surface area contributed by atoms with Crippen LogP contribution in [-0.2, 0) is 6.54 Å². The Morgan fingerprint density at radius 2 is 1.96 bits per heavy atom. The van der Waals surface area contributed by atoms with E-state index in [9.17, 15) is 9.90 Å². The molecule has 2 aromatic rings. The lowest BCUT2D eigenvalue weighted by Crippen LogP contribution is -2.32. The molecule has 23 heavy (non-hydrogen) atoms. The molecular formula is C18H22N2O3. The largest absolute Gasteiger partial charge is 0.491 e. The Kier molecular flexibility index (Phi) is 6.14. The SMILES string of the molecule is CN(Cc1ccccc1)CC(O)COc1cccc(C(N)=O)c1. The molecule has 0 aliphatic rings. The van der Waals surface area contributed by atoms with Crippen LogP contribution in [0.2, 0.25) is 0 Å². The molecule has 1 unspecified atom stereocenters. The molecule has 0 aromatic heterocycles. The highest BCUT2D eigenvalue weighted by atomic mass is 16.5. The highest BCUT2D eigenvalue weighted by molar-refractivity contribution is 5.93. The Morgan fingerprint density at radius 3 is 2.65 bits per heavy atom. The second-order valence-corrected chi connectivity index (χ2v) is 5.54. The Hall–Kier alpha value is -2.37. The quantitative estimate of drug-likeness (QED) is 0.777. The maximum absolute atomic E-state index is 11.1. The third-order valence-corrected chi connectivity index (χ3v) is 3.38. The number of hydrogen-bond acceptors (Lipinski definition) is 4. The zero-order valence-electron chi connectivity index (χ0n) is 13.2. The third kappa shape index (κ3) is 5.73. The number of benzene rings is 2. The lowest BCUT2D eigenvalue weighted by molar-refractivity contribution is 0.0743. The normalized spacial score (nSPS) is 12.1. The number of rotatable bonds is 8. The van der Waals surface area contributed by atoms with E-state index >= 15 is 0 Å². The molecule has 1 atom stereocenters. The molecule has 122 valence electrons. The molecule has 0 spiro atoms. The van der Waals surface area contributed by atoms with Crippen molar-refractivity contribution < 1.29 is 14.6 Å². The van der Waals surface area contributed by atoms with Crippen molar-refractivity contribution in [2.45, 2.75) is 12.6 Å². The predicted octanol–water partition coefficient (Wildman–Crippen LogP) is 1.66. The standard InChI is InChI=1S/C18H22N2O3/c1-20(11-14-6-3-2-4-7-14)12-16(21)13-23-17-9-5-8-15(10-17)18(19)22/h2-10,16,21H,11-13H2,1H3,(H2,19,22). The average Bonchev–Trinajstić information content (AvgIpc) is 2.54. The van der Waals surface area contributed by atoms with Gasteiger partial charge in [0.1, 0.15) is 18.5 Å².